The first-order valence-electron chi connectivity index (χ1n) is 7.33. The zero-order valence-electron chi connectivity index (χ0n) is 13.1. The van der Waals surface area contributed by atoms with E-state index in [1.165, 1.54) is 0 Å². The first-order valence-corrected chi connectivity index (χ1v) is 7.33. The third-order valence-corrected chi connectivity index (χ3v) is 4.19. The van der Waals surface area contributed by atoms with Gasteiger partial charge in [-0.25, -0.2) is 0 Å². The number of benzene rings is 1. The van der Waals surface area contributed by atoms with Gasteiger partial charge in [0.2, 0.25) is 0 Å². The zero-order valence-corrected chi connectivity index (χ0v) is 13.1. The molecule has 0 aromatic heterocycles. The fourth-order valence-electron chi connectivity index (χ4n) is 2.41. The molecule has 1 amide bonds. The number of piperazine rings is 1. The number of rotatable bonds is 4. The maximum absolute atomic E-state index is 12.3. The van der Waals surface area contributed by atoms with Gasteiger partial charge in [0, 0.05) is 31.7 Å². The Labute approximate surface area is 126 Å². The number of nitrogens with two attached hydrogens (primary N) is 1. The molecule has 1 aliphatic heterocycles. The topological polar surface area (TPSA) is 58.8 Å². The van der Waals surface area contributed by atoms with Crippen molar-refractivity contribution in [3.8, 4) is 5.75 Å². The fourth-order valence-corrected chi connectivity index (χ4v) is 2.41. The van der Waals surface area contributed by atoms with Crippen molar-refractivity contribution in [3.63, 3.8) is 0 Å². The first kappa shape index (κ1) is 15.8. The van der Waals surface area contributed by atoms with E-state index in [4.69, 9.17) is 10.5 Å². The van der Waals surface area contributed by atoms with Crippen LogP contribution < -0.4 is 10.5 Å². The third kappa shape index (κ3) is 3.95. The molecule has 1 fully saturated rings. The molecule has 0 unspecified atom stereocenters. The normalized spacial score (nSPS) is 18.6. The predicted molar refractivity (Wildman–Crippen MR) is 83.1 cm³/mol. The van der Waals surface area contributed by atoms with Gasteiger partial charge in [0.05, 0.1) is 0 Å². The van der Waals surface area contributed by atoms with Gasteiger partial charge in [0.15, 0.2) is 6.61 Å². The molecular formula is C16H25N3O2. The molecule has 0 spiro atoms. The van der Waals surface area contributed by atoms with Gasteiger partial charge in [0.25, 0.3) is 5.91 Å². The van der Waals surface area contributed by atoms with Crippen LogP contribution >= 0.6 is 0 Å². The lowest BCUT2D eigenvalue weighted by Crippen LogP contribution is -2.59. The van der Waals surface area contributed by atoms with E-state index in [0.717, 1.165) is 25.2 Å². The first-order chi connectivity index (χ1) is 9.92. The van der Waals surface area contributed by atoms with Gasteiger partial charge in [-0.05, 0) is 38.6 Å². The summed E-state index contributed by atoms with van der Waals surface area (Å²) in [6.07, 6.45) is 0. The largest absolute Gasteiger partial charge is 0.484 e. The Bertz CT molecular complexity index is 485. The Hall–Kier alpha value is -1.59. The Kier molecular flexibility index (Phi) is 4.85. The molecular weight excluding hydrogens is 266 g/mol. The van der Waals surface area contributed by atoms with Crippen LogP contribution in [-0.2, 0) is 11.3 Å². The van der Waals surface area contributed by atoms with E-state index in [-0.39, 0.29) is 18.1 Å². The summed E-state index contributed by atoms with van der Waals surface area (Å²) in [4.78, 5) is 16.4. The second-order valence-electron chi connectivity index (χ2n) is 6.19. The van der Waals surface area contributed by atoms with Crippen molar-refractivity contribution in [2.75, 3.05) is 33.3 Å². The van der Waals surface area contributed by atoms with E-state index in [0.29, 0.717) is 12.3 Å². The Morgan fingerprint density at radius 3 is 2.52 bits per heavy atom. The lowest BCUT2D eigenvalue weighted by molar-refractivity contribution is -0.137. The number of ether oxygens (including phenoxy) is 1. The maximum Gasteiger partial charge on any atom is 0.260 e. The lowest BCUT2D eigenvalue weighted by Gasteiger charge is -2.45. The van der Waals surface area contributed by atoms with Gasteiger partial charge in [-0.3, -0.25) is 9.69 Å². The lowest BCUT2D eigenvalue weighted by atomic mass is 10.00. The molecule has 2 rings (SSSR count). The standard InChI is InChI=1S/C16H25N3O2/c1-16(2)12-19(9-8-18(16)3)15(20)11-21-14-6-4-13(10-17)5-7-14/h4-7H,8-12,17H2,1-3H3. The summed E-state index contributed by atoms with van der Waals surface area (Å²) in [6.45, 7) is 7.28. The summed E-state index contributed by atoms with van der Waals surface area (Å²) in [5.74, 6) is 0.744. The number of hydrogen-bond acceptors (Lipinski definition) is 4. The molecule has 2 N–H and O–H groups in total. The number of carbonyl (C=O) groups excluding carboxylic acids is 1. The molecule has 1 heterocycles. The second kappa shape index (κ2) is 6.45. The minimum atomic E-state index is 0.0106. The van der Waals surface area contributed by atoms with Gasteiger partial charge < -0.3 is 15.4 Å². The van der Waals surface area contributed by atoms with Gasteiger partial charge in [-0.15, -0.1) is 0 Å². The molecule has 5 nitrogen and oxygen atoms in total. The van der Waals surface area contributed by atoms with E-state index in [9.17, 15) is 4.79 Å². The smallest absolute Gasteiger partial charge is 0.260 e. The van der Waals surface area contributed by atoms with Crippen molar-refractivity contribution >= 4 is 5.91 Å². The number of likely N-dealkylation sites (N-methyl/N-ethyl adjacent to an activating group) is 1. The number of amides is 1. The van der Waals surface area contributed by atoms with Gasteiger partial charge in [-0.2, -0.15) is 0 Å². The van der Waals surface area contributed by atoms with Crippen LogP contribution in [-0.4, -0.2) is 54.5 Å². The molecule has 0 radical (unpaired) electrons. The summed E-state index contributed by atoms with van der Waals surface area (Å²) in [5.41, 5.74) is 6.61. The summed E-state index contributed by atoms with van der Waals surface area (Å²) in [7, 11) is 2.09. The van der Waals surface area contributed by atoms with E-state index < -0.39 is 0 Å². The molecule has 0 saturated carbocycles. The second-order valence-corrected chi connectivity index (χ2v) is 6.19. The fraction of sp³-hybridized carbons (Fsp3) is 0.562. The molecule has 5 heteroatoms. The minimum absolute atomic E-state index is 0.0106. The number of hydrogen-bond donors (Lipinski definition) is 1. The highest BCUT2D eigenvalue weighted by molar-refractivity contribution is 5.78. The number of nitrogens with zero attached hydrogens (tertiary/aromatic N) is 2. The van der Waals surface area contributed by atoms with Gasteiger partial charge in [-0.1, -0.05) is 12.1 Å². The van der Waals surface area contributed by atoms with Crippen molar-refractivity contribution in [1.82, 2.24) is 9.80 Å². The predicted octanol–water partition coefficient (Wildman–Crippen LogP) is 1.08. The zero-order chi connectivity index (χ0) is 15.5. The van der Waals surface area contributed by atoms with Crippen molar-refractivity contribution in [1.29, 1.82) is 0 Å². The molecule has 116 valence electrons. The SMILES string of the molecule is CN1CCN(C(=O)COc2ccc(CN)cc2)CC1(C)C. The molecule has 1 aromatic rings. The van der Waals surface area contributed by atoms with Crippen LogP contribution in [0.3, 0.4) is 0 Å². The van der Waals surface area contributed by atoms with Crippen LogP contribution in [0.15, 0.2) is 24.3 Å². The Morgan fingerprint density at radius 2 is 1.95 bits per heavy atom. The molecule has 0 atom stereocenters. The molecule has 0 aliphatic carbocycles. The highest BCUT2D eigenvalue weighted by atomic mass is 16.5. The molecule has 0 bridgehead atoms. The van der Waals surface area contributed by atoms with Crippen LogP contribution in [0.2, 0.25) is 0 Å². The molecule has 1 saturated heterocycles. The van der Waals surface area contributed by atoms with Crippen LogP contribution in [0, 0.1) is 0 Å². The van der Waals surface area contributed by atoms with Crippen molar-refractivity contribution in [3.05, 3.63) is 29.8 Å². The highest BCUT2D eigenvalue weighted by Crippen LogP contribution is 2.19. The monoisotopic (exact) mass is 291 g/mol. The summed E-state index contributed by atoms with van der Waals surface area (Å²) in [5, 5.41) is 0. The summed E-state index contributed by atoms with van der Waals surface area (Å²) >= 11 is 0. The van der Waals surface area contributed by atoms with E-state index in [1.807, 2.05) is 29.2 Å². The summed E-state index contributed by atoms with van der Waals surface area (Å²) < 4.78 is 5.57. The van der Waals surface area contributed by atoms with Crippen molar-refractivity contribution < 1.29 is 9.53 Å². The maximum atomic E-state index is 12.3. The quantitative estimate of drug-likeness (QED) is 0.902. The van der Waals surface area contributed by atoms with E-state index in [1.54, 1.807) is 0 Å². The Morgan fingerprint density at radius 1 is 1.29 bits per heavy atom. The number of carbonyl (C=O) groups is 1. The van der Waals surface area contributed by atoms with Crippen LogP contribution in [0.25, 0.3) is 0 Å². The van der Waals surface area contributed by atoms with E-state index >= 15 is 0 Å². The summed E-state index contributed by atoms with van der Waals surface area (Å²) in [6, 6.07) is 7.53. The Balaban J connectivity index is 1.86. The van der Waals surface area contributed by atoms with Crippen LogP contribution in [0.5, 0.6) is 5.75 Å². The average molecular weight is 291 g/mol. The van der Waals surface area contributed by atoms with Crippen molar-refractivity contribution in [2.24, 2.45) is 5.73 Å². The average Bonchev–Trinajstić information content (AvgIpc) is 2.48. The van der Waals surface area contributed by atoms with Crippen molar-refractivity contribution in [2.45, 2.75) is 25.9 Å². The third-order valence-electron chi connectivity index (χ3n) is 4.19. The molecule has 21 heavy (non-hydrogen) atoms. The highest BCUT2D eigenvalue weighted by Gasteiger charge is 2.33. The van der Waals surface area contributed by atoms with Gasteiger partial charge in [0.1, 0.15) is 5.75 Å². The van der Waals surface area contributed by atoms with E-state index in [2.05, 4.69) is 25.8 Å². The minimum Gasteiger partial charge on any atom is -0.484 e. The molecule has 1 aliphatic rings. The van der Waals surface area contributed by atoms with Crippen LogP contribution in [0.1, 0.15) is 19.4 Å². The molecule has 1 aromatic carbocycles. The van der Waals surface area contributed by atoms with Crippen LogP contribution in [0.4, 0.5) is 0 Å². The van der Waals surface area contributed by atoms with Gasteiger partial charge >= 0.3 is 0 Å².